The number of rotatable bonds is 5. The first kappa shape index (κ1) is 13.4. The van der Waals surface area contributed by atoms with Crippen molar-refractivity contribution in [3.63, 3.8) is 0 Å². The summed E-state index contributed by atoms with van der Waals surface area (Å²) in [7, 11) is 1.21. The van der Waals surface area contributed by atoms with E-state index >= 15 is 0 Å². The zero-order valence-electron chi connectivity index (χ0n) is 9.31. The van der Waals surface area contributed by atoms with E-state index in [4.69, 9.17) is 10.2 Å². The number of carbonyl (C=O) groups is 1. The Morgan fingerprint density at radius 1 is 1.59 bits per heavy atom. The van der Waals surface area contributed by atoms with E-state index in [2.05, 4.69) is 10.1 Å². The highest BCUT2D eigenvalue weighted by Gasteiger charge is 2.10. The molecule has 0 saturated carbocycles. The smallest absolute Gasteiger partial charge is 0.337 e. The highest BCUT2D eigenvalue weighted by atomic mass is 19.1. The molecule has 0 fully saturated rings. The number of hydrogen-bond donors (Lipinski definition) is 3. The molecule has 0 amide bonds. The molecule has 0 aliphatic carbocycles. The van der Waals surface area contributed by atoms with E-state index in [1.54, 1.807) is 0 Å². The van der Waals surface area contributed by atoms with Crippen molar-refractivity contribution in [2.45, 2.75) is 6.10 Å². The van der Waals surface area contributed by atoms with Gasteiger partial charge in [0.25, 0.3) is 0 Å². The fourth-order valence-corrected chi connectivity index (χ4v) is 1.20. The van der Waals surface area contributed by atoms with Crippen molar-refractivity contribution in [2.75, 3.05) is 25.6 Å². The van der Waals surface area contributed by atoms with Crippen LogP contribution in [-0.2, 0) is 4.74 Å². The number of methoxy groups -OCH3 is 1. The van der Waals surface area contributed by atoms with Gasteiger partial charge in [-0.25, -0.2) is 9.18 Å². The predicted octanol–water partition coefficient (Wildman–Crippen LogP) is 0.377. The van der Waals surface area contributed by atoms with Crippen LogP contribution in [0.1, 0.15) is 10.4 Å². The van der Waals surface area contributed by atoms with Crippen molar-refractivity contribution in [3.8, 4) is 0 Å². The second-order valence-corrected chi connectivity index (χ2v) is 3.40. The van der Waals surface area contributed by atoms with Crippen molar-refractivity contribution in [1.29, 1.82) is 0 Å². The molecule has 5 nitrogen and oxygen atoms in total. The topological polar surface area (TPSA) is 78.8 Å². The molecule has 0 aliphatic heterocycles. The van der Waals surface area contributed by atoms with Gasteiger partial charge in [0.15, 0.2) is 0 Å². The Balaban J connectivity index is 2.73. The van der Waals surface area contributed by atoms with Gasteiger partial charge in [-0.05, 0) is 18.2 Å². The first-order valence-electron chi connectivity index (χ1n) is 4.99. The van der Waals surface area contributed by atoms with E-state index in [0.717, 1.165) is 6.07 Å². The van der Waals surface area contributed by atoms with Gasteiger partial charge >= 0.3 is 5.97 Å². The largest absolute Gasteiger partial charge is 0.465 e. The summed E-state index contributed by atoms with van der Waals surface area (Å²) in [5.41, 5.74) is 0.253. The average Bonchev–Trinajstić information content (AvgIpc) is 2.35. The molecule has 94 valence electrons. The van der Waals surface area contributed by atoms with E-state index < -0.39 is 24.5 Å². The van der Waals surface area contributed by atoms with Crippen molar-refractivity contribution >= 4 is 11.7 Å². The fraction of sp³-hybridized carbons (Fsp3) is 0.364. The van der Waals surface area contributed by atoms with Crippen LogP contribution in [0.3, 0.4) is 0 Å². The number of halogens is 1. The second-order valence-electron chi connectivity index (χ2n) is 3.40. The zero-order valence-corrected chi connectivity index (χ0v) is 9.31. The number of hydrogen-bond acceptors (Lipinski definition) is 5. The minimum atomic E-state index is -0.963. The van der Waals surface area contributed by atoms with Crippen LogP contribution in [0.5, 0.6) is 0 Å². The number of esters is 1. The van der Waals surface area contributed by atoms with Gasteiger partial charge < -0.3 is 20.3 Å². The molecule has 1 rings (SSSR count). The van der Waals surface area contributed by atoms with Gasteiger partial charge in [0.05, 0.1) is 31.1 Å². The third kappa shape index (κ3) is 3.69. The van der Waals surface area contributed by atoms with Gasteiger partial charge in [-0.15, -0.1) is 0 Å². The number of ether oxygens (including phenoxy) is 1. The number of aliphatic hydroxyl groups excluding tert-OH is 2. The summed E-state index contributed by atoms with van der Waals surface area (Å²) in [4.78, 5) is 11.1. The van der Waals surface area contributed by atoms with E-state index in [0.29, 0.717) is 0 Å². The summed E-state index contributed by atoms with van der Waals surface area (Å²) >= 11 is 0. The summed E-state index contributed by atoms with van der Waals surface area (Å²) in [6, 6.07) is 3.81. The predicted molar refractivity (Wildman–Crippen MR) is 59.3 cm³/mol. The molecule has 0 spiro atoms. The zero-order chi connectivity index (χ0) is 12.8. The lowest BCUT2D eigenvalue weighted by Gasteiger charge is -2.11. The van der Waals surface area contributed by atoms with Crippen LogP contribution in [0, 0.1) is 5.82 Å². The SMILES string of the molecule is COC(=O)c1ccc(NCC(O)CO)c(F)c1. The number of nitrogens with one attached hydrogen (secondary N) is 1. The van der Waals surface area contributed by atoms with Gasteiger partial charge in [0.1, 0.15) is 5.82 Å². The van der Waals surface area contributed by atoms with Crippen molar-refractivity contribution in [3.05, 3.63) is 29.6 Å². The van der Waals surface area contributed by atoms with Gasteiger partial charge in [-0.3, -0.25) is 0 Å². The normalized spacial score (nSPS) is 12.0. The molecule has 17 heavy (non-hydrogen) atoms. The maximum atomic E-state index is 13.5. The summed E-state index contributed by atoms with van der Waals surface area (Å²) < 4.78 is 17.9. The molecule has 1 aromatic carbocycles. The molecule has 0 radical (unpaired) electrons. The summed E-state index contributed by atoms with van der Waals surface area (Å²) in [5.74, 6) is -1.25. The summed E-state index contributed by atoms with van der Waals surface area (Å²) in [5, 5.41) is 20.3. The first-order chi connectivity index (χ1) is 8.08. The molecular formula is C11H14FNO4. The lowest BCUT2D eigenvalue weighted by molar-refractivity contribution is 0.0600. The molecule has 1 unspecified atom stereocenters. The number of carbonyl (C=O) groups excluding carboxylic acids is 1. The number of anilines is 1. The highest BCUT2D eigenvalue weighted by molar-refractivity contribution is 5.89. The van der Waals surface area contributed by atoms with Crippen LogP contribution in [0.2, 0.25) is 0 Å². The van der Waals surface area contributed by atoms with Gasteiger partial charge in [0.2, 0.25) is 0 Å². The highest BCUT2D eigenvalue weighted by Crippen LogP contribution is 2.16. The van der Waals surface area contributed by atoms with Crippen LogP contribution >= 0.6 is 0 Å². The molecule has 0 aliphatic rings. The maximum Gasteiger partial charge on any atom is 0.337 e. The van der Waals surface area contributed by atoms with E-state index in [-0.39, 0.29) is 17.8 Å². The Hall–Kier alpha value is -1.66. The Bertz CT molecular complexity index is 397. The van der Waals surface area contributed by atoms with Crippen LogP contribution in [0.25, 0.3) is 0 Å². The minimum absolute atomic E-state index is 0.0188. The number of aliphatic hydroxyl groups is 2. The quantitative estimate of drug-likeness (QED) is 0.651. The molecular weight excluding hydrogens is 229 g/mol. The van der Waals surface area contributed by atoms with Crippen LogP contribution in [-0.4, -0.2) is 42.5 Å². The number of benzene rings is 1. The average molecular weight is 243 g/mol. The van der Waals surface area contributed by atoms with Gasteiger partial charge in [-0.1, -0.05) is 0 Å². The fourth-order valence-electron chi connectivity index (χ4n) is 1.20. The van der Waals surface area contributed by atoms with Crippen molar-refractivity contribution < 1.29 is 24.1 Å². The van der Waals surface area contributed by atoms with Crippen molar-refractivity contribution in [2.24, 2.45) is 0 Å². The van der Waals surface area contributed by atoms with E-state index in [1.165, 1.54) is 19.2 Å². The molecule has 0 bridgehead atoms. The van der Waals surface area contributed by atoms with Gasteiger partial charge in [-0.2, -0.15) is 0 Å². The first-order valence-corrected chi connectivity index (χ1v) is 4.99. The Kier molecular flexibility index (Phi) is 4.86. The molecule has 3 N–H and O–H groups in total. The Morgan fingerprint density at radius 2 is 2.29 bits per heavy atom. The molecule has 1 aromatic rings. The van der Waals surface area contributed by atoms with Crippen LogP contribution in [0.15, 0.2) is 18.2 Å². The lowest BCUT2D eigenvalue weighted by Crippen LogP contribution is -2.23. The Morgan fingerprint density at radius 3 is 2.82 bits per heavy atom. The molecule has 0 heterocycles. The molecule has 6 heteroatoms. The lowest BCUT2D eigenvalue weighted by atomic mass is 10.2. The summed E-state index contributed by atoms with van der Waals surface area (Å²) in [6.07, 6.45) is -0.963. The third-order valence-corrected chi connectivity index (χ3v) is 2.13. The van der Waals surface area contributed by atoms with Crippen LogP contribution < -0.4 is 5.32 Å². The standard InChI is InChI=1S/C11H14FNO4/c1-17-11(16)7-2-3-10(9(12)4-7)13-5-8(15)6-14/h2-4,8,13-15H,5-6H2,1H3. The Labute approximate surface area is 97.8 Å². The van der Waals surface area contributed by atoms with Crippen LogP contribution in [0.4, 0.5) is 10.1 Å². The third-order valence-electron chi connectivity index (χ3n) is 2.13. The van der Waals surface area contributed by atoms with Crippen molar-refractivity contribution in [1.82, 2.24) is 0 Å². The van der Waals surface area contributed by atoms with E-state index in [1.807, 2.05) is 0 Å². The van der Waals surface area contributed by atoms with Gasteiger partial charge in [0, 0.05) is 6.54 Å². The maximum absolute atomic E-state index is 13.5. The molecule has 0 saturated heterocycles. The molecule has 1 atom stereocenters. The molecule has 0 aromatic heterocycles. The van der Waals surface area contributed by atoms with E-state index in [9.17, 15) is 9.18 Å². The second kappa shape index (κ2) is 6.17. The minimum Gasteiger partial charge on any atom is -0.465 e. The monoisotopic (exact) mass is 243 g/mol. The summed E-state index contributed by atoms with van der Waals surface area (Å²) in [6.45, 7) is -0.389.